The summed E-state index contributed by atoms with van der Waals surface area (Å²) in [6, 6.07) is 3.01. The quantitative estimate of drug-likeness (QED) is 0.785. The van der Waals surface area contributed by atoms with Gasteiger partial charge in [0, 0.05) is 11.7 Å². The molecule has 1 atom stereocenters. The molecule has 1 saturated heterocycles. The van der Waals surface area contributed by atoms with Gasteiger partial charge in [0.1, 0.15) is 0 Å². The minimum Gasteiger partial charge on any atom is -0.464 e. The molecule has 0 bridgehead atoms. The molecule has 1 unspecified atom stereocenters. The Bertz CT molecular complexity index is 557. The van der Waals surface area contributed by atoms with Crippen LogP contribution in [0.15, 0.2) is 18.3 Å². The van der Waals surface area contributed by atoms with Crippen LogP contribution in [0.5, 0.6) is 5.88 Å². The van der Waals surface area contributed by atoms with Gasteiger partial charge in [0.25, 0.3) is 0 Å². The maximum atomic E-state index is 13.0. The van der Waals surface area contributed by atoms with E-state index in [9.17, 15) is 13.2 Å². The zero-order valence-electron chi connectivity index (χ0n) is 14.8. The third kappa shape index (κ3) is 3.86. The van der Waals surface area contributed by atoms with Gasteiger partial charge in [-0.25, -0.2) is 4.98 Å². The van der Waals surface area contributed by atoms with Gasteiger partial charge in [-0.15, -0.1) is 0 Å². The van der Waals surface area contributed by atoms with Gasteiger partial charge < -0.3 is 14.0 Å². The Morgan fingerprint density at radius 1 is 1.08 bits per heavy atom. The summed E-state index contributed by atoms with van der Waals surface area (Å²) in [5.74, 6) is -0.791. The second-order valence-electron chi connectivity index (χ2n) is 7.34. The lowest BCUT2D eigenvalue weighted by Crippen LogP contribution is -2.41. The second kappa shape index (κ2) is 6.22. The summed E-state index contributed by atoms with van der Waals surface area (Å²) in [4.78, 5) is 3.97. The Morgan fingerprint density at radius 2 is 1.62 bits per heavy atom. The fourth-order valence-electron chi connectivity index (χ4n) is 2.29. The topological polar surface area (TPSA) is 40.6 Å². The number of hydrogen-bond acceptors (Lipinski definition) is 4. The first-order chi connectivity index (χ1) is 10.8. The maximum absolute atomic E-state index is 13.0. The largest absolute Gasteiger partial charge is 0.496 e. The number of ether oxygens (including phenoxy) is 1. The van der Waals surface area contributed by atoms with Crippen LogP contribution in [0.25, 0.3) is 0 Å². The maximum Gasteiger partial charge on any atom is 0.496 e. The van der Waals surface area contributed by atoms with E-state index in [1.165, 1.54) is 26.1 Å². The van der Waals surface area contributed by atoms with Gasteiger partial charge in [0.05, 0.1) is 11.2 Å². The fraction of sp³-hybridized carbons (Fsp3) is 0.688. The van der Waals surface area contributed by atoms with E-state index in [4.69, 9.17) is 14.0 Å². The molecule has 1 aromatic rings. The summed E-state index contributed by atoms with van der Waals surface area (Å²) in [6.45, 7) is 10.6. The molecule has 1 aliphatic heterocycles. The molecule has 1 aromatic heterocycles. The smallest absolute Gasteiger partial charge is 0.464 e. The zero-order chi connectivity index (χ0) is 18.3. The zero-order valence-corrected chi connectivity index (χ0v) is 14.8. The van der Waals surface area contributed by atoms with Crippen molar-refractivity contribution < 1.29 is 27.2 Å². The minimum atomic E-state index is -4.44. The summed E-state index contributed by atoms with van der Waals surface area (Å²) in [6.07, 6.45) is -4.92. The molecular weight excluding hydrogens is 322 g/mol. The van der Waals surface area contributed by atoms with Crippen molar-refractivity contribution in [2.75, 3.05) is 0 Å². The van der Waals surface area contributed by atoms with Crippen LogP contribution in [-0.4, -0.2) is 35.6 Å². The van der Waals surface area contributed by atoms with Gasteiger partial charge in [0.15, 0.2) is 6.10 Å². The summed E-state index contributed by atoms with van der Waals surface area (Å²) in [7, 11) is -0.611. The van der Waals surface area contributed by atoms with E-state index in [0.717, 1.165) is 0 Å². The number of pyridine rings is 1. The highest BCUT2D eigenvalue weighted by Gasteiger charge is 2.52. The van der Waals surface area contributed by atoms with Gasteiger partial charge in [-0.2, -0.15) is 13.2 Å². The van der Waals surface area contributed by atoms with Crippen molar-refractivity contribution >= 4 is 12.6 Å². The summed E-state index contributed by atoms with van der Waals surface area (Å²) >= 11 is 0. The molecule has 0 saturated carbocycles. The molecule has 0 N–H and O–H groups in total. The first-order valence-corrected chi connectivity index (χ1v) is 7.88. The standard InChI is InChI=1S/C16H23BF3NO3/c1-10(2)13(16(18,19)20)22-12-8-7-11(9-21-12)17-23-14(3,4)15(5,6)24-17/h7-10,13H,1-6H3. The number of aromatic nitrogens is 1. The number of rotatable bonds is 4. The van der Waals surface area contributed by atoms with Crippen molar-refractivity contribution in [1.82, 2.24) is 4.98 Å². The lowest BCUT2D eigenvalue weighted by Gasteiger charge is -2.32. The highest BCUT2D eigenvalue weighted by Crippen LogP contribution is 2.36. The molecule has 0 aliphatic carbocycles. The highest BCUT2D eigenvalue weighted by molar-refractivity contribution is 6.62. The minimum absolute atomic E-state index is 0.0775. The monoisotopic (exact) mass is 345 g/mol. The van der Waals surface area contributed by atoms with E-state index >= 15 is 0 Å². The molecule has 1 fully saturated rings. The molecule has 1 aliphatic rings. The Hall–Kier alpha value is -1.28. The van der Waals surface area contributed by atoms with Crippen molar-refractivity contribution in [3.63, 3.8) is 0 Å². The average Bonchev–Trinajstić information content (AvgIpc) is 2.64. The van der Waals surface area contributed by atoms with E-state index in [2.05, 4.69) is 4.98 Å². The first kappa shape index (κ1) is 19.1. The van der Waals surface area contributed by atoms with Gasteiger partial charge in [0.2, 0.25) is 5.88 Å². The van der Waals surface area contributed by atoms with Crippen LogP contribution in [-0.2, 0) is 9.31 Å². The van der Waals surface area contributed by atoms with Crippen LogP contribution in [0.3, 0.4) is 0 Å². The van der Waals surface area contributed by atoms with Gasteiger partial charge in [-0.05, 0) is 39.7 Å². The third-order valence-corrected chi connectivity index (χ3v) is 4.46. The van der Waals surface area contributed by atoms with E-state index < -0.39 is 36.5 Å². The molecule has 2 heterocycles. The lowest BCUT2D eigenvalue weighted by molar-refractivity contribution is -0.207. The molecule has 0 radical (unpaired) electrons. The Morgan fingerprint density at radius 3 is 2.00 bits per heavy atom. The van der Waals surface area contributed by atoms with Crippen LogP contribution in [0.2, 0.25) is 0 Å². The van der Waals surface area contributed by atoms with Crippen LogP contribution in [0.1, 0.15) is 41.5 Å². The van der Waals surface area contributed by atoms with Crippen LogP contribution >= 0.6 is 0 Å². The first-order valence-electron chi connectivity index (χ1n) is 7.88. The van der Waals surface area contributed by atoms with E-state index in [1.54, 1.807) is 6.07 Å². The summed E-state index contributed by atoms with van der Waals surface area (Å²) in [5, 5.41) is 0. The lowest BCUT2D eigenvalue weighted by atomic mass is 9.80. The Balaban J connectivity index is 2.12. The number of nitrogens with zero attached hydrogens (tertiary/aromatic N) is 1. The van der Waals surface area contributed by atoms with Crippen LogP contribution in [0.4, 0.5) is 13.2 Å². The van der Waals surface area contributed by atoms with Crippen LogP contribution < -0.4 is 10.2 Å². The average molecular weight is 345 g/mol. The van der Waals surface area contributed by atoms with E-state index in [1.807, 2.05) is 27.7 Å². The molecule has 8 heteroatoms. The molecule has 134 valence electrons. The number of halogens is 3. The predicted molar refractivity (Wildman–Crippen MR) is 85.3 cm³/mol. The molecule has 24 heavy (non-hydrogen) atoms. The highest BCUT2D eigenvalue weighted by atomic mass is 19.4. The number of alkyl halides is 3. The van der Waals surface area contributed by atoms with Gasteiger partial charge in [-0.3, -0.25) is 0 Å². The third-order valence-electron chi connectivity index (χ3n) is 4.46. The summed E-state index contributed by atoms with van der Waals surface area (Å²) in [5.41, 5.74) is -0.355. The van der Waals surface area contributed by atoms with E-state index in [0.29, 0.717) is 5.46 Å². The van der Waals surface area contributed by atoms with Crippen LogP contribution in [0, 0.1) is 5.92 Å². The van der Waals surface area contributed by atoms with Crippen molar-refractivity contribution in [1.29, 1.82) is 0 Å². The molecular formula is C16H23BF3NO3. The van der Waals surface area contributed by atoms with Crippen molar-refractivity contribution in [3.05, 3.63) is 18.3 Å². The molecule has 0 amide bonds. The Kier molecular flexibility index (Phi) is 4.94. The normalized spacial score (nSPS) is 21.2. The van der Waals surface area contributed by atoms with E-state index in [-0.39, 0.29) is 5.88 Å². The predicted octanol–water partition coefficient (Wildman–Crippen LogP) is 3.35. The van der Waals surface area contributed by atoms with Crippen molar-refractivity contribution in [3.8, 4) is 5.88 Å². The van der Waals surface area contributed by atoms with Gasteiger partial charge >= 0.3 is 13.3 Å². The van der Waals surface area contributed by atoms with Gasteiger partial charge in [-0.1, -0.05) is 19.9 Å². The SMILES string of the molecule is CC(C)C(Oc1ccc(B2OC(C)(C)C(C)(C)O2)cn1)C(F)(F)F. The molecule has 0 spiro atoms. The van der Waals surface area contributed by atoms with Crippen molar-refractivity contribution in [2.45, 2.75) is 65.0 Å². The molecule has 4 nitrogen and oxygen atoms in total. The van der Waals surface area contributed by atoms with Crippen molar-refractivity contribution in [2.24, 2.45) is 5.92 Å². The summed E-state index contributed by atoms with van der Waals surface area (Å²) < 4.78 is 55.7. The number of hydrogen-bond donors (Lipinski definition) is 0. The molecule has 0 aromatic carbocycles. The molecule has 2 rings (SSSR count). The Labute approximate surface area is 140 Å². The fourth-order valence-corrected chi connectivity index (χ4v) is 2.29. The second-order valence-corrected chi connectivity index (χ2v) is 7.34.